The number of hydrogen-bond donors (Lipinski definition) is 0. The van der Waals surface area contributed by atoms with Crippen molar-refractivity contribution in [2.75, 3.05) is 0 Å². The predicted octanol–water partition coefficient (Wildman–Crippen LogP) is 13.4. The van der Waals surface area contributed by atoms with Gasteiger partial charge in [-0.2, -0.15) is 0 Å². The summed E-state index contributed by atoms with van der Waals surface area (Å²) >= 11 is 1.84. The maximum Gasteiger partial charge on any atom is 0.164 e. The standard InChI is InChI=1S/C49H31N3S/c1-3-14-32(15-4-1)35-20-9-22-37(30-35)47-50-48(38-23-10-21-36(31-38)33-16-5-2-6-17-33)52-49(51-47)42-27-12-19-34-18-11-25-39(45(34)42)40-26-13-29-44-46(40)41-24-7-8-28-43(41)53-44/h1-31H. The van der Waals surface area contributed by atoms with E-state index in [1.165, 1.54) is 25.7 Å². The summed E-state index contributed by atoms with van der Waals surface area (Å²) in [6.07, 6.45) is 0. The van der Waals surface area contributed by atoms with E-state index in [0.29, 0.717) is 17.5 Å². The third-order valence-electron chi connectivity index (χ3n) is 9.93. The monoisotopic (exact) mass is 693 g/mol. The van der Waals surface area contributed by atoms with Gasteiger partial charge in [0.2, 0.25) is 0 Å². The van der Waals surface area contributed by atoms with Crippen LogP contribution in [0.5, 0.6) is 0 Å². The third-order valence-corrected chi connectivity index (χ3v) is 11.1. The average molecular weight is 694 g/mol. The summed E-state index contributed by atoms with van der Waals surface area (Å²) in [5.41, 5.74) is 9.73. The van der Waals surface area contributed by atoms with Gasteiger partial charge in [0.15, 0.2) is 17.5 Å². The van der Waals surface area contributed by atoms with Crippen LogP contribution in [0, 0.1) is 0 Å². The summed E-state index contributed by atoms with van der Waals surface area (Å²) in [6, 6.07) is 66.2. The molecule has 0 saturated carbocycles. The molecule has 0 fully saturated rings. The van der Waals surface area contributed by atoms with Crippen LogP contribution in [0.4, 0.5) is 0 Å². The normalized spacial score (nSPS) is 11.4. The van der Waals surface area contributed by atoms with Gasteiger partial charge in [0.25, 0.3) is 0 Å². The molecule has 0 bridgehead atoms. The lowest BCUT2D eigenvalue weighted by atomic mass is 9.92. The first-order valence-electron chi connectivity index (χ1n) is 17.8. The summed E-state index contributed by atoms with van der Waals surface area (Å²) in [7, 11) is 0. The van der Waals surface area contributed by atoms with E-state index in [-0.39, 0.29) is 0 Å². The minimum absolute atomic E-state index is 0.633. The number of rotatable bonds is 6. The second-order valence-electron chi connectivity index (χ2n) is 13.2. The van der Waals surface area contributed by atoms with Gasteiger partial charge in [-0.1, -0.05) is 164 Å². The minimum atomic E-state index is 0.633. The summed E-state index contributed by atoms with van der Waals surface area (Å²) in [6.45, 7) is 0. The Labute approximate surface area is 311 Å². The van der Waals surface area contributed by atoms with E-state index in [9.17, 15) is 0 Å². The van der Waals surface area contributed by atoms with E-state index in [1.54, 1.807) is 0 Å². The molecular formula is C49H31N3S. The minimum Gasteiger partial charge on any atom is -0.208 e. The summed E-state index contributed by atoms with van der Waals surface area (Å²) < 4.78 is 2.57. The van der Waals surface area contributed by atoms with Crippen LogP contribution < -0.4 is 0 Å². The van der Waals surface area contributed by atoms with Crippen molar-refractivity contribution in [1.29, 1.82) is 0 Å². The van der Waals surface area contributed by atoms with Gasteiger partial charge in [-0.25, -0.2) is 15.0 Å². The lowest BCUT2D eigenvalue weighted by Crippen LogP contribution is -2.01. The lowest BCUT2D eigenvalue weighted by molar-refractivity contribution is 1.08. The van der Waals surface area contributed by atoms with Gasteiger partial charge in [-0.3, -0.25) is 0 Å². The number of nitrogens with zero attached hydrogens (tertiary/aromatic N) is 3. The quantitative estimate of drug-likeness (QED) is 0.174. The van der Waals surface area contributed by atoms with Crippen molar-refractivity contribution in [2.24, 2.45) is 0 Å². The molecule has 0 radical (unpaired) electrons. The Bertz CT molecular complexity index is 2840. The van der Waals surface area contributed by atoms with Gasteiger partial charge in [-0.05, 0) is 63.0 Å². The molecule has 0 atom stereocenters. The number of hydrogen-bond acceptors (Lipinski definition) is 4. The fourth-order valence-electron chi connectivity index (χ4n) is 7.44. The second-order valence-corrected chi connectivity index (χ2v) is 14.3. The largest absolute Gasteiger partial charge is 0.208 e. The first kappa shape index (κ1) is 31.0. The second kappa shape index (κ2) is 13.1. The Balaban J connectivity index is 1.22. The van der Waals surface area contributed by atoms with Crippen LogP contribution in [0.25, 0.3) is 98.5 Å². The molecule has 248 valence electrons. The molecule has 0 amide bonds. The van der Waals surface area contributed by atoms with Gasteiger partial charge in [-0.15, -0.1) is 11.3 Å². The molecule has 0 saturated heterocycles. The van der Waals surface area contributed by atoms with Crippen LogP contribution in [0.3, 0.4) is 0 Å². The molecular weight excluding hydrogens is 663 g/mol. The van der Waals surface area contributed by atoms with E-state index < -0.39 is 0 Å². The van der Waals surface area contributed by atoms with Crippen LogP contribution in [0.2, 0.25) is 0 Å². The topological polar surface area (TPSA) is 38.7 Å². The zero-order valence-electron chi connectivity index (χ0n) is 28.6. The molecule has 0 aliphatic heterocycles. The smallest absolute Gasteiger partial charge is 0.164 e. The average Bonchev–Trinajstić information content (AvgIpc) is 3.63. The Hall–Kier alpha value is -6.75. The van der Waals surface area contributed by atoms with Crippen LogP contribution in [-0.2, 0) is 0 Å². The zero-order chi connectivity index (χ0) is 35.1. The zero-order valence-corrected chi connectivity index (χ0v) is 29.5. The maximum atomic E-state index is 5.28. The lowest BCUT2D eigenvalue weighted by Gasteiger charge is -2.15. The molecule has 10 rings (SSSR count). The van der Waals surface area contributed by atoms with Gasteiger partial charge in [0.1, 0.15) is 0 Å². The molecule has 0 N–H and O–H groups in total. The molecule has 0 aliphatic rings. The number of fused-ring (bicyclic) bond motifs is 4. The molecule has 0 unspecified atom stereocenters. The molecule has 0 spiro atoms. The highest BCUT2D eigenvalue weighted by atomic mass is 32.1. The first-order valence-corrected chi connectivity index (χ1v) is 18.6. The summed E-state index contributed by atoms with van der Waals surface area (Å²) in [4.78, 5) is 15.7. The highest BCUT2D eigenvalue weighted by molar-refractivity contribution is 7.25. The highest BCUT2D eigenvalue weighted by Gasteiger charge is 2.19. The van der Waals surface area contributed by atoms with Crippen LogP contribution in [0.1, 0.15) is 0 Å². The molecule has 2 heterocycles. The predicted molar refractivity (Wildman–Crippen MR) is 223 cm³/mol. The molecule has 0 aliphatic carbocycles. The fourth-order valence-corrected chi connectivity index (χ4v) is 8.57. The van der Waals surface area contributed by atoms with Crippen LogP contribution >= 0.6 is 11.3 Å². The highest BCUT2D eigenvalue weighted by Crippen LogP contribution is 2.44. The van der Waals surface area contributed by atoms with Crippen molar-refractivity contribution in [1.82, 2.24) is 15.0 Å². The van der Waals surface area contributed by atoms with E-state index in [0.717, 1.165) is 55.3 Å². The van der Waals surface area contributed by atoms with Crippen LogP contribution in [-0.4, -0.2) is 15.0 Å². The maximum absolute atomic E-state index is 5.28. The van der Waals surface area contributed by atoms with E-state index in [4.69, 9.17) is 15.0 Å². The molecule has 2 aromatic heterocycles. The Morgan fingerprint density at radius 3 is 1.40 bits per heavy atom. The van der Waals surface area contributed by atoms with Crippen molar-refractivity contribution in [3.8, 4) is 67.5 Å². The molecule has 53 heavy (non-hydrogen) atoms. The number of benzene rings is 8. The van der Waals surface area contributed by atoms with Gasteiger partial charge in [0.05, 0.1) is 0 Å². The molecule has 3 nitrogen and oxygen atoms in total. The van der Waals surface area contributed by atoms with Crippen LogP contribution in [0.15, 0.2) is 188 Å². The summed E-state index contributed by atoms with van der Waals surface area (Å²) in [5.74, 6) is 1.90. The van der Waals surface area contributed by atoms with Crippen molar-refractivity contribution in [3.63, 3.8) is 0 Å². The Kier molecular flexibility index (Phi) is 7.67. The molecule has 4 heteroatoms. The van der Waals surface area contributed by atoms with Crippen molar-refractivity contribution >= 4 is 42.3 Å². The van der Waals surface area contributed by atoms with Crippen molar-refractivity contribution < 1.29 is 0 Å². The Morgan fingerprint density at radius 1 is 0.302 bits per heavy atom. The fraction of sp³-hybridized carbons (Fsp3) is 0. The SMILES string of the molecule is c1ccc(-c2cccc(-c3nc(-c4cccc(-c5ccccc5)c4)nc(-c4cccc5cccc(-c6cccc7sc8ccccc8c67)c45)n3)c2)cc1. The van der Waals surface area contributed by atoms with E-state index in [1.807, 2.05) is 23.5 Å². The van der Waals surface area contributed by atoms with Gasteiger partial charge >= 0.3 is 0 Å². The van der Waals surface area contributed by atoms with E-state index in [2.05, 4.69) is 176 Å². The summed E-state index contributed by atoms with van der Waals surface area (Å²) in [5, 5.41) is 4.82. The third kappa shape index (κ3) is 5.66. The first-order chi connectivity index (χ1) is 26.3. The number of aromatic nitrogens is 3. The number of thiophene rings is 1. The van der Waals surface area contributed by atoms with E-state index >= 15 is 0 Å². The Morgan fingerprint density at radius 2 is 0.755 bits per heavy atom. The van der Waals surface area contributed by atoms with Crippen molar-refractivity contribution in [2.45, 2.75) is 0 Å². The molecule has 10 aromatic rings. The van der Waals surface area contributed by atoms with Gasteiger partial charge in [0, 0.05) is 42.2 Å². The van der Waals surface area contributed by atoms with Gasteiger partial charge < -0.3 is 0 Å². The molecule has 8 aromatic carbocycles. The van der Waals surface area contributed by atoms with Crippen molar-refractivity contribution in [3.05, 3.63) is 188 Å².